The molecule has 0 unspecified atom stereocenters. The number of likely N-dealkylation sites (tertiary alicyclic amines) is 1. The molecule has 0 amide bonds. The molecule has 5 rings (SSSR count). The van der Waals surface area contributed by atoms with E-state index in [1.54, 1.807) is 46.6 Å². The van der Waals surface area contributed by atoms with Crippen molar-refractivity contribution in [1.82, 2.24) is 4.90 Å². The Bertz CT molecular complexity index is 1430. The van der Waals surface area contributed by atoms with Crippen molar-refractivity contribution >= 4 is 16.8 Å². The second-order valence-electron chi connectivity index (χ2n) is 9.46. The first-order valence-electron chi connectivity index (χ1n) is 12.8. The van der Waals surface area contributed by atoms with Crippen LogP contribution in [0.15, 0.2) is 65.1 Å². The molecule has 0 radical (unpaired) electrons. The van der Waals surface area contributed by atoms with Crippen LogP contribution in [0.5, 0.6) is 23.0 Å². The third kappa shape index (κ3) is 4.94. The van der Waals surface area contributed by atoms with E-state index in [4.69, 9.17) is 23.4 Å². The highest BCUT2D eigenvalue weighted by Crippen LogP contribution is 2.39. The Morgan fingerprint density at radius 2 is 1.55 bits per heavy atom. The lowest BCUT2D eigenvalue weighted by Gasteiger charge is -2.31. The molecule has 0 aliphatic carbocycles. The van der Waals surface area contributed by atoms with Crippen molar-refractivity contribution in [1.29, 1.82) is 0 Å². The van der Waals surface area contributed by atoms with Crippen molar-refractivity contribution in [3.63, 3.8) is 0 Å². The van der Waals surface area contributed by atoms with Gasteiger partial charge in [0, 0.05) is 29.0 Å². The summed E-state index contributed by atoms with van der Waals surface area (Å²) in [4.78, 5) is 16.3. The summed E-state index contributed by atoms with van der Waals surface area (Å²) in [6, 6.07) is 18.9. The second kappa shape index (κ2) is 11.2. The molecule has 0 bridgehead atoms. The van der Waals surface area contributed by atoms with Crippen molar-refractivity contribution in [2.24, 2.45) is 0 Å². The molecule has 4 aromatic rings. The van der Waals surface area contributed by atoms with Gasteiger partial charge in [-0.25, -0.2) is 0 Å². The molecule has 1 aliphatic rings. The number of ether oxygens (including phenoxy) is 4. The van der Waals surface area contributed by atoms with Crippen LogP contribution < -0.4 is 18.9 Å². The van der Waals surface area contributed by atoms with Crippen molar-refractivity contribution in [2.45, 2.75) is 25.3 Å². The third-order valence-electron chi connectivity index (χ3n) is 7.34. The van der Waals surface area contributed by atoms with E-state index in [9.17, 15) is 4.79 Å². The van der Waals surface area contributed by atoms with Gasteiger partial charge in [-0.15, -0.1) is 0 Å². The molecule has 2 heterocycles. The number of ketones is 1. The standard InChI is InChI=1S/C31H33NO6/c1-34-23-10-12-25(35-2)22(17-23)19-32-15-13-20(14-16-32)31-29(24-7-5-6-8-26(24)38-31)30(33)21-9-11-27(36-3)28(18-21)37-4/h5-12,17-18,20H,13-16,19H2,1-4H3. The first-order chi connectivity index (χ1) is 18.6. The highest BCUT2D eigenvalue weighted by molar-refractivity contribution is 6.17. The molecule has 7 heteroatoms. The Morgan fingerprint density at radius 1 is 0.842 bits per heavy atom. The fourth-order valence-corrected chi connectivity index (χ4v) is 5.31. The quantitative estimate of drug-likeness (QED) is 0.250. The van der Waals surface area contributed by atoms with Crippen molar-refractivity contribution in [3.8, 4) is 23.0 Å². The number of hydrogen-bond donors (Lipinski definition) is 0. The first-order valence-corrected chi connectivity index (χ1v) is 12.8. The van der Waals surface area contributed by atoms with E-state index >= 15 is 0 Å². The smallest absolute Gasteiger partial charge is 0.197 e. The van der Waals surface area contributed by atoms with Crippen LogP contribution in [0.3, 0.4) is 0 Å². The highest BCUT2D eigenvalue weighted by Gasteiger charge is 2.31. The molecule has 1 aliphatic heterocycles. The molecule has 3 aromatic carbocycles. The fraction of sp³-hybridized carbons (Fsp3) is 0.323. The summed E-state index contributed by atoms with van der Waals surface area (Å²) in [6.07, 6.45) is 1.77. The van der Waals surface area contributed by atoms with Crippen molar-refractivity contribution < 1.29 is 28.2 Å². The minimum Gasteiger partial charge on any atom is -0.497 e. The summed E-state index contributed by atoms with van der Waals surface area (Å²) in [6.45, 7) is 2.53. The number of furan rings is 1. The average molecular weight is 516 g/mol. The molecule has 1 fully saturated rings. The van der Waals surface area contributed by atoms with Crippen LogP contribution in [0.4, 0.5) is 0 Å². The predicted molar refractivity (Wildman–Crippen MR) is 146 cm³/mol. The van der Waals surface area contributed by atoms with Crippen LogP contribution in [-0.2, 0) is 6.54 Å². The van der Waals surface area contributed by atoms with E-state index in [1.807, 2.05) is 42.5 Å². The van der Waals surface area contributed by atoms with Gasteiger partial charge >= 0.3 is 0 Å². The lowest BCUT2D eigenvalue weighted by molar-refractivity contribution is 0.103. The lowest BCUT2D eigenvalue weighted by atomic mass is 9.88. The number of rotatable bonds is 9. The number of methoxy groups -OCH3 is 4. The average Bonchev–Trinajstić information content (AvgIpc) is 3.36. The van der Waals surface area contributed by atoms with Gasteiger partial charge in [-0.1, -0.05) is 18.2 Å². The number of benzene rings is 3. The molecular weight excluding hydrogens is 482 g/mol. The summed E-state index contributed by atoms with van der Waals surface area (Å²) >= 11 is 0. The van der Waals surface area contributed by atoms with E-state index in [0.29, 0.717) is 22.6 Å². The molecule has 0 spiro atoms. The van der Waals surface area contributed by atoms with Crippen LogP contribution in [0.2, 0.25) is 0 Å². The molecule has 1 saturated heterocycles. The van der Waals surface area contributed by atoms with Crippen LogP contribution >= 0.6 is 0 Å². The number of nitrogens with zero attached hydrogens (tertiary/aromatic N) is 1. The molecule has 1 aromatic heterocycles. The topological polar surface area (TPSA) is 70.4 Å². The van der Waals surface area contributed by atoms with E-state index in [0.717, 1.165) is 66.3 Å². The van der Waals surface area contributed by atoms with Gasteiger partial charge in [0.15, 0.2) is 17.3 Å². The zero-order valence-corrected chi connectivity index (χ0v) is 22.3. The zero-order chi connectivity index (χ0) is 26.6. The number of hydrogen-bond acceptors (Lipinski definition) is 7. The molecule has 7 nitrogen and oxygen atoms in total. The Hall–Kier alpha value is -3.97. The van der Waals surface area contributed by atoms with Gasteiger partial charge in [-0.2, -0.15) is 0 Å². The maximum atomic E-state index is 13.9. The monoisotopic (exact) mass is 515 g/mol. The summed E-state index contributed by atoms with van der Waals surface area (Å²) in [7, 11) is 6.51. The van der Waals surface area contributed by atoms with E-state index in [1.165, 1.54) is 0 Å². The summed E-state index contributed by atoms with van der Waals surface area (Å²) < 4.78 is 28.2. The number of fused-ring (bicyclic) bond motifs is 1. The van der Waals surface area contributed by atoms with Gasteiger partial charge in [-0.05, 0) is 68.4 Å². The summed E-state index contributed by atoms with van der Waals surface area (Å²) in [5, 5.41) is 0.839. The lowest BCUT2D eigenvalue weighted by Crippen LogP contribution is -2.32. The predicted octanol–water partition coefficient (Wildman–Crippen LogP) is 6.08. The van der Waals surface area contributed by atoms with Gasteiger partial charge in [0.25, 0.3) is 0 Å². The Balaban J connectivity index is 1.40. The van der Waals surface area contributed by atoms with E-state index in [-0.39, 0.29) is 11.7 Å². The van der Waals surface area contributed by atoms with Gasteiger partial charge in [0.05, 0.1) is 34.0 Å². The maximum absolute atomic E-state index is 13.9. The van der Waals surface area contributed by atoms with Crippen molar-refractivity contribution in [3.05, 3.63) is 83.1 Å². The molecule has 0 saturated carbocycles. The third-order valence-corrected chi connectivity index (χ3v) is 7.34. The Kier molecular flexibility index (Phi) is 7.56. The van der Waals surface area contributed by atoms with E-state index < -0.39 is 0 Å². The minimum absolute atomic E-state index is 0.0746. The van der Waals surface area contributed by atoms with Crippen molar-refractivity contribution in [2.75, 3.05) is 41.5 Å². The van der Waals surface area contributed by atoms with Gasteiger partial charge in [-0.3, -0.25) is 9.69 Å². The Labute approximate surface area is 222 Å². The first kappa shape index (κ1) is 25.7. The number of carbonyl (C=O) groups is 1. The number of carbonyl (C=O) groups excluding carboxylic acids is 1. The van der Waals surface area contributed by atoms with Crippen LogP contribution in [0, 0.1) is 0 Å². The molecule has 38 heavy (non-hydrogen) atoms. The van der Waals surface area contributed by atoms with Crippen LogP contribution in [-0.4, -0.2) is 52.2 Å². The molecule has 0 atom stereocenters. The molecule has 198 valence electrons. The van der Waals surface area contributed by atoms with E-state index in [2.05, 4.69) is 4.90 Å². The fourth-order valence-electron chi connectivity index (χ4n) is 5.31. The van der Waals surface area contributed by atoms with Crippen LogP contribution in [0.1, 0.15) is 46.0 Å². The normalized spacial score (nSPS) is 14.4. The van der Waals surface area contributed by atoms with Gasteiger partial charge in [0.2, 0.25) is 0 Å². The largest absolute Gasteiger partial charge is 0.497 e. The highest BCUT2D eigenvalue weighted by atomic mass is 16.5. The number of para-hydroxylation sites is 1. The summed E-state index contributed by atoms with van der Waals surface area (Å²) in [5.41, 5.74) is 3.01. The number of piperidine rings is 1. The second-order valence-corrected chi connectivity index (χ2v) is 9.46. The Morgan fingerprint density at radius 3 is 2.26 bits per heavy atom. The molecule has 0 N–H and O–H groups in total. The summed E-state index contributed by atoms with van der Waals surface area (Å²) in [5.74, 6) is 3.61. The minimum atomic E-state index is -0.0746. The van der Waals surface area contributed by atoms with Gasteiger partial charge < -0.3 is 23.4 Å². The SMILES string of the molecule is COc1ccc(OC)c(CN2CCC(c3oc4ccccc4c3C(=O)c3ccc(OC)c(OC)c3)CC2)c1. The molecular formula is C31H33NO6. The van der Waals surface area contributed by atoms with Gasteiger partial charge in [0.1, 0.15) is 22.8 Å². The van der Waals surface area contributed by atoms with Crippen LogP contribution in [0.25, 0.3) is 11.0 Å². The maximum Gasteiger partial charge on any atom is 0.197 e. The zero-order valence-electron chi connectivity index (χ0n) is 22.3.